The van der Waals surface area contributed by atoms with Gasteiger partial charge >= 0.3 is 0 Å². The topological polar surface area (TPSA) is 16.1 Å². The fourth-order valence-corrected chi connectivity index (χ4v) is 6.20. The number of aromatic nitrogens is 1. The van der Waals surface area contributed by atoms with Crippen molar-refractivity contribution in [3.63, 3.8) is 0 Å². The Bertz CT molecular complexity index is 2220. The number of anilines is 3. The zero-order valence-electron chi connectivity index (χ0n) is 24.7. The van der Waals surface area contributed by atoms with Gasteiger partial charge in [0.25, 0.3) is 0 Å². The van der Waals surface area contributed by atoms with Crippen LogP contribution < -0.4 is 4.90 Å². The van der Waals surface area contributed by atoms with Gasteiger partial charge in [-0.1, -0.05) is 121 Å². The van der Waals surface area contributed by atoms with Gasteiger partial charge in [-0.05, 0) is 104 Å². The van der Waals surface area contributed by atoms with Crippen molar-refractivity contribution in [1.29, 1.82) is 0 Å². The van der Waals surface area contributed by atoms with Crippen LogP contribution in [0.5, 0.6) is 0 Å². The second kappa shape index (κ2) is 11.6. The number of pyridine rings is 1. The Morgan fingerprint density at radius 2 is 0.844 bits per heavy atom. The highest BCUT2D eigenvalue weighted by Gasteiger charge is 2.14. The highest BCUT2D eigenvalue weighted by molar-refractivity contribution is 6.01. The smallest absolute Gasteiger partial charge is 0.138 e. The summed E-state index contributed by atoms with van der Waals surface area (Å²) in [5, 5.41) is 4.87. The molecule has 0 fully saturated rings. The van der Waals surface area contributed by atoms with E-state index in [0.717, 1.165) is 28.5 Å². The molecule has 8 aromatic rings. The van der Waals surface area contributed by atoms with E-state index in [4.69, 9.17) is 4.98 Å². The average molecular weight is 575 g/mol. The van der Waals surface area contributed by atoms with Gasteiger partial charge in [-0.3, -0.25) is 4.90 Å². The molecule has 0 radical (unpaired) electrons. The first kappa shape index (κ1) is 26.6. The summed E-state index contributed by atoms with van der Waals surface area (Å²) in [5.41, 5.74) is 9.13. The number of benzene rings is 7. The van der Waals surface area contributed by atoms with Crippen molar-refractivity contribution < 1.29 is 0 Å². The number of rotatable bonds is 6. The Hall–Kier alpha value is -5.99. The summed E-state index contributed by atoms with van der Waals surface area (Å²) < 4.78 is 0. The van der Waals surface area contributed by atoms with Crippen LogP contribution in [0.15, 0.2) is 182 Å². The van der Waals surface area contributed by atoms with E-state index in [-0.39, 0.29) is 0 Å². The van der Waals surface area contributed by atoms with Crippen molar-refractivity contribution in [3.05, 3.63) is 182 Å². The standard InChI is InChI=1S/C43H30N2/c1-4-13-31(14-5-1)40-19-10-11-20-41(40)34-25-23-32-28-37-30-35(26-24-33(37)27-36(32)29-34)42-21-12-22-43(44-42)45(38-15-6-2-7-16-38)39-17-8-3-9-18-39/h1-30H. The van der Waals surface area contributed by atoms with Gasteiger partial charge in [0.05, 0.1) is 5.69 Å². The highest BCUT2D eigenvalue weighted by atomic mass is 15.2. The molecular formula is C43H30N2. The highest BCUT2D eigenvalue weighted by Crippen LogP contribution is 2.37. The zero-order valence-corrected chi connectivity index (χ0v) is 24.7. The number of fused-ring (bicyclic) bond motifs is 2. The van der Waals surface area contributed by atoms with Gasteiger partial charge in [0.2, 0.25) is 0 Å². The van der Waals surface area contributed by atoms with Gasteiger partial charge in [-0.2, -0.15) is 0 Å². The minimum atomic E-state index is 0.881. The van der Waals surface area contributed by atoms with E-state index in [9.17, 15) is 0 Å². The van der Waals surface area contributed by atoms with Gasteiger partial charge in [-0.15, -0.1) is 0 Å². The molecular weight excluding hydrogens is 544 g/mol. The summed E-state index contributed by atoms with van der Waals surface area (Å²) in [6.07, 6.45) is 0. The van der Waals surface area contributed by atoms with Crippen LogP contribution in [0, 0.1) is 0 Å². The van der Waals surface area contributed by atoms with Crippen molar-refractivity contribution in [3.8, 4) is 33.5 Å². The van der Waals surface area contributed by atoms with E-state index >= 15 is 0 Å². The normalized spacial score (nSPS) is 11.1. The lowest BCUT2D eigenvalue weighted by molar-refractivity contribution is 1.18. The molecule has 7 aromatic carbocycles. The number of para-hydroxylation sites is 2. The minimum Gasteiger partial charge on any atom is -0.295 e. The molecule has 0 aliphatic heterocycles. The molecule has 1 heterocycles. The maximum atomic E-state index is 5.17. The average Bonchev–Trinajstić information content (AvgIpc) is 3.12. The van der Waals surface area contributed by atoms with Crippen molar-refractivity contribution >= 4 is 38.7 Å². The first-order chi connectivity index (χ1) is 22.3. The molecule has 45 heavy (non-hydrogen) atoms. The molecule has 2 nitrogen and oxygen atoms in total. The molecule has 0 bridgehead atoms. The van der Waals surface area contributed by atoms with Crippen molar-refractivity contribution in [2.75, 3.05) is 4.90 Å². The number of hydrogen-bond acceptors (Lipinski definition) is 2. The van der Waals surface area contributed by atoms with E-state index in [2.05, 4.69) is 175 Å². The van der Waals surface area contributed by atoms with E-state index in [1.807, 2.05) is 12.1 Å². The van der Waals surface area contributed by atoms with Crippen molar-refractivity contribution in [1.82, 2.24) is 4.98 Å². The molecule has 0 aliphatic rings. The SMILES string of the molecule is c1ccc(-c2ccccc2-c2ccc3cc4cc(-c5cccc(N(c6ccccc6)c6ccccc6)n5)ccc4cc3c2)cc1. The Balaban J connectivity index is 1.17. The van der Waals surface area contributed by atoms with Crippen LogP contribution in [0.2, 0.25) is 0 Å². The lowest BCUT2D eigenvalue weighted by Crippen LogP contribution is -2.11. The van der Waals surface area contributed by atoms with Crippen LogP contribution >= 0.6 is 0 Å². The van der Waals surface area contributed by atoms with Gasteiger partial charge < -0.3 is 0 Å². The Kier molecular flexibility index (Phi) is 6.86. The third-order valence-corrected chi connectivity index (χ3v) is 8.41. The molecule has 0 amide bonds. The molecule has 0 atom stereocenters. The molecule has 0 spiro atoms. The van der Waals surface area contributed by atoms with Crippen LogP contribution in [0.1, 0.15) is 0 Å². The molecule has 0 aliphatic carbocycles. The summed E-state index contributed by atoms with van der Waals surface area (Å²) >= 11 is 0. The van der Waals surface area contributed by atoms with E-state index in [1.165, 1.54) is 43.8 Å². The maximum Gasteiger partial charge on any atom is 0.138 e. The molecule has 0 unspecified atom stereocenters. The fourth-order valence-electron chi connectivity index (χ4n) is 6.20. The van der Waals surface area contributed by atoms with E-state index in [1.54, 1.807) is 0 Å². The first-order valence-corrected chi connectivity index (χ1v) is 15.3. The van der Waals surface area contributed by atoms with Gasteiger partial charge in [-0.25, -0.2) is 4.98 Å². The van der Waals surface area contributed by atoms with Crippen LogP contribution in [0.3, 0.4) is 0 Å². The predicted octanol–water partition coefficient (Wildman–Crippen LogP) is 11.9. The first-order valence-electron chi connectivity index (χ1n) is 15.3. The largest absolute Gasteiger partial charge is 0.295 e. The molecule has 212 valence electrons. The van der Waals surface area contributed by atoms with Crippen LogP contribution in [-0.2, 0) is 0 Å². The fraction of sp³-hybridized carbons (Fsp3) is 0. The summed E-state index contributed by atoms with van der Waals surface area (Å²) in [7, 11) is 0. The quantitative estimate of drug-likeness (QED) is 0.184. The molecule has 8 rings (SSSR count). The van der Waals surface area contributed by atoms with Gasteiger partial charge in [0, 0.05) is 16.9 Å². The molecule has 0 saturated carbocycles. The number of nitrogens with zero attached hydrogens (tertiary/aromatic N) is 2. The summed E-state index contributed by atoms with van der Waals surface area (Å²) in [6.45, 7) is 0. The monoisotopic (exact) mass is 574 g/mol. The Morgan fingerprint density at radius 1 is 0.333 bits per heavy atom. The van der Waals surface area contributed by atoms with E-state index < -0.39 is 0 Å². The Labute approximate surface area is 263 Å². The predicted molar refractivity (Wildman–Crippen MR) is 190 cm³/mol. The summed E-state index contributed by atoms with van der Waals surface area (Å²) in [5.74, 6) is 0.881. The van der Waals surface area contributed by atoms with Crippen molar-refractivity contribution in [2.45, 2.75) is 0 Å². The van der Waals surface area contributed by atoms with Crippen LogP contribution in [-0.4, -0.2) is 4.98 Å². The minimum absolute atomic E-state index is 0.881. The summed E-state index contributed by atoms with van der Waals surface area (Å²) in [4.78, 5) is 7.37. The van der Waals surface area contributed by atoms with E-state index in [0.29, 0.717) is 0 Å². The molecule has 0 N–H and O–H groups in total. The lowest BCUT2D eigenvalue weighted by atomic mass is 9.92. The number of hydrogen-bond donors (Lipinski definition) is 0. The Morgan fingerprint density at radius 3 is 1.47 bits per heavy atom. The second-order valence-electron chi connectivity index (χ2n) is 11.3. The molecule has 0 saturated heterocycles. The second-order valence-corrected chi connectivity index (χ2v) is 11.3. The molecule has 2 heteroatoms. The third kappa shape index (κ3) is 5.24. The maximum absolute atomic E-state index is 5.17. The van der Waals surface area contributed by atoms with Crippen LogP contribution in [0.4, 0.5) is 17.2 Å². The molecule has 1 aromatic heterocycles. The van der Waals surface area contributed by atoms with Gasteiger partial charge in [0.1, 0.15) is 5.82 Å². The summed E-state index contributed by atoms with van der Waals surface area (Å²) in [6, 6.07) is 64.4. The third-order valence-electron chi connectivity index (χ3n) is 8.41. The van der Waals surface area contributed by atoms with Crippen LogP contribution in [0.25, 0.3) is 55.1 Å². The lowest BCUT2D eigenvalue weighted by Gasteiger charge is -2.24. The van der Waals surface area contributed by atoms with Gasteiger partial charge in [0.15, 0.2) is 0 Å². The van der Waals surface area contributed by atoms with Crippen molar-refractivity contribution in [2.24, 2.45) is 0 Å². The zero-order chi connectivity index (χ0) is 30.0.